The van der Waals surface area contributed by atoms with Gasteiger partial charge in [-0.3, -0.25) is 0 Å². The lowest BCUT2D eigenvalue weighted by Crippen LogP contribution is -2.06. The van der Waals surface area contributed by atoms with Gasteiger partial charge in [0.2, 0.25) is 0 Å². The molecule has 3 nitrogen and oxygen atoms in total. The number of nitrogens with zero attached hydrogens (tertiary/aromatic N) is 2. The smallest absolute Gasteiger partial charge is 0.132 e. The van der Waals surface area contributed by atoms with Crippen molar-refractivity contribution >= 4 is 21.7 Å². The number of nitrogen functional groups attached to an aromatic ring is 1. The Morgan fingerprint density at radius 3 is 2.38 bits per heavy atom. The van der Waals surface area contributed by atoms with Gasteiger partial charge < -0.3 is 10.3 Å². The topological polar surface area (TPSA) is 43.8 Å². The second-order valence-corrected chi connectivity index (χ2v) is 5.89. The van der Waals surface area contributed by atoms with Crippen LogP contribution in [0.5, 0.6) is 0 Å². The fourth-order valence-electron chi connectivity index (χ4n) is 2.37. The minimum Gasteiger partial charge on any atom is -0.383 e. The fourth-order valence-corrected chi connectivity index (χ4v) is 2.63. The van der Waals surface area contributed by atoms with Gasteiger partial charge in [-0.15, -0.1) is 0 Å². The van der Waals surface area contributed by atoms with E-state index in [1.54, 1.807) is 0 Å². The first kappa shape index (κ1) is 13.9. The number of benzene rings is 2. The molecule has 0 unspecified atom stereocenters. The second-order valence-electron chi connectivity index (χ2n) is 4.97. The molecule has 21 heavy (non-hydrogen) atoms. The molecule has 0 spiro atoms. The van der Waals surface area contributed by atoms with Crippen LogP contribution in [0.25, 0.3) is 11.3 Å². The third-order valence-corrected chi connectivity index (χ3v) is 4.03. The van der Waals surface area contributed by atoms with Crippen molar-refractivity contribution in [1.29, 1.82) is 0 Å². The predicted octanol–water partition coefficient (Wildman–Crippen LogP) is 4.25. The van der Waals surface area contributed by atoms with Crippen LogP contribution in [0.3, 0.4) is 0 Å². The Hall–Kier alpha value is -2.07. The van der Waals surface area contributed by atoms with Gasteiger partial charge >= 0.3 is 0 Å². The van der Waals surface area contributed by atoms with E-state index in [4.69, 9.17) is 5.73 Å². The number of aryl methyl sites for hydroxylation is 1. The zero-order valence-electron chi connectivity index (χ0n) is 11.8. The maximum absolute atomic E-state index is 6.31. The molecular weight excluding hydrogens is 326 g/mol. The van der Waals surface area contributed by atoms with Gasteiger partial charge in [-0.2, -0.15) is 0 Å². The number of hydrogen-bond acceptors (Lipinski definition) is 2. The molecule has 0 saturated carbocycles. The van der Waals surface area contributed by atoms with Gasteiger partial charge in [-0.05, 0) is 24.6 Å². The number of anilines is 1. The highest BCUT2D eigenvalue weighted by Gasteiger charge is 2.13. The molecule has 2 N–H and O–H groups in total. The molecule has 0 aliphatic carbocycles. The van der Waals surface area contributed by atoms with Crippen LogP contribution in [0, 0.1) is 6.92 Å². The van der Waals surface area contributed by atoms with Crippen molar-refractivity contribution in [2.24, 2.45) is 0 Å². The summed E-state index contributed by atoms with van der Waals surface area (Å²) in [6, 6.07) is 18.3. The van der Waals surface area contributed by atoms with E-state index >= 15 is 0 Å². The lowest BCUT2D eigenvalue weighted by Gasteiger charge is -2.08. The Bertz CT molecular complexity index is 746. The van der Waals surface area contributed by atoms with Gasteiger partial charge in [0.1, 0.15) is 17.3 Å². The predicted molar refractivity (Wildman–Crippen MR) is 90.1 cm³/mol. The van der Waals surface area contributed by atoms with Crippen LogP contribution in [0.15, 0.2) is 59.1 Å². The average molecular weight is 342 g/mol. The Morgan fingerprint density at radius 2 is 1.71 bits per heavy atom. The summed E-state index contributed by atoms with van der Waals surface area (Å²) >= 11 is 3.44. The molecule has 3 rings (SSSR count). The van der Waals surface area contributed by atoms with E-state index in [0.717, 1.165) is 28.1 Å². The van der Waals surface area contributed by atoms with Crippen LogP contribution in [0.1, 0.15) is 11.4 Å². The van der Waals surface area contributed by atoms with Gasteiger partial charge in [-0.25, -0.2) is 4.98 Å². The largest absolute Gasteiger partial charge is 0.383 e. The van der Waals surface area contributed by atoms with Crippen molar-refractivity contribution in [3.05, 3.63) is 70.5 Å². The molecule has 0 aliphatic rings. The van der Waals surface area contributed by atoms with E-state index in [-0.39, 0.29) is 0 Å². The Labute approximate surface area is 132 Å². The van der Waals surface area contributed by atoms with Crippen molar-refractivity contribution in [1.82, 2.24) is 9.55 Å². The Kier molecular flexibility index (Phi) is 3.80. The molecule has 0 amide bonds. The number of hydrogen-bond donors (Lipinski definition) is 1. The molecule has 2 aromatic carbocycles. The molecule has 0 fully saturated rings. The van der Waals surface area contributed by atoms with Crippen LogP contribution in [-0.2, 0) is 6.54 Å². The Morgan fingerprint density at radius 1 is 1.05 bits per heavy atom. The molecule has 0 atom stereocenters. The van der Waals surface area contributed by atoms with Crippen molar-refractivity contribution < 1.29 is 0 Å². The van der Waals surface area contributed by atoms with Crippen molar-refractivity contribution in [2.75, 3.05) is 5.73 Å². The molecule has 0 aliphatic heterocycles. The zero-order chi connectivity index (χ0) is 14.8. The number of imidazole rings is 1. The molecule has 1 heterocycles. The summed E-state index contributed by atoms with van der Waals surface area (Å²) in [5, 5.41) is 0. The molecule has 0 radical (unpaired) electrons. The highest BCUT2D eigenvalue weighted by Crippen LogP contribution is 2.28. The highest BCUT2D eigenvalue weighted by molar-refractivity contribution is 9.10. The molecule has 4 heteroatoms. The minimum atomic E-state index is 0.707. The van der Waals surface area contributed by atoms with Gasteiger partial charge in [-0.1, -0.05) is 58.4 Å². The third kappa shape index (κ3) is 2.85. The molecule has 0 bridgehead atoms. The Balaban J connectivity index is 1.98. The van der Waals surface area contributed by atoms with Gasteiger partial charge in [0.15, 0.2) is 0 Å². The molecule has 106 valence electrons. The van der Waals surface area contributed by atoms with Crippen LogP contribution in [-0.4, -0.2) is 9.55 Å². The summed E-state index contributed by atoms with van der Waals surface area (Å²) in [7, 11) is 0. The normalized spacial score (nSPS) is 10.8. The first-order valence-electron chi connectivity index (χ1n) is 6.77. The maximum atomic E-state index is 6.31. The lowest BCUT2D eigenvalue weighted by molar-refractivity contribution is 0.771. The SMILES string of the molecule is Cc1nc(-c2ccc(Br)cc2)c(N)n1Cc1ccccc1. The first-order valence-corrected chi connectivity index (χ1v) is 7.57. The van der Waals surface area contributed by atoms with E-state index in [1.165, 1.54) is 5.56 Å². The molecule has 3 aromatic rings. The number of aromatic nitrogens is 2. The van der Waals surface area contributed by atoms with Gasteiger partial charge in [0, 0.05) is 10.0 Å². The first-order chi connectivity index (χ1) is 10.1. The molecular formula is C17H16BrN3. The van der Waals surface area contributed by atoms with E-state index in [2.05, 4.69) is 33.0 Å². The van der Waals surface area contributed by atoms with E-state index in [9.17, 15) is 0 Å². The summed E-state index contributed by atoms with van der Waals surface area (Å²) in [5.74, 6) is 1.63. The summed E-state index contributed by atoms with van der Waals surface area (Å²) in [4.78, 5) is 4.63. The van der Waals surface area contributed by atoms with Crippen molar-refractivity contribution in [2.45, 2.75) is 13.5 Å². The standard InChI is InChI=1S/C17H16BrN3/c1-12-20-16(14-7-9-15(18)10-8-14)17(19)21(12)11-13-5-3-2-4-6-13/h2-10H,11,19H2,1H3. The number of nitrogens with two attached hydrogens (primary N) is 1. The van der Waals surface area contributed by atoms with Gasteiger partial charge in [0.05, 0.1) is 6.54 Å². The second kappa shape index (κ2) is 5.74. The summed E-state index contributed by atoms with van der Waals surface area (Å²) in [6.07, 6.45) is 0. The minimum absolute atomic E-state index is 0.707. The molecule has 1 aromatic heterocycles. The van der Waals surface area contributed by atoms with Crippen LogP contribution in [0.2, 0.25) is 0 Å². The summed E-state index contributed by atoms with van der Waals surface area (Å²) in [6.45, 7) is 2.73. The zero-order valence-corrected chi connectivity index (χ0v) is 13.3. The maximum Gasteiger partial charge on any atom is 0.132 e. The number of halogens is 1. The van der Waals surface area contributed by atoms with Crippen molar-refractivity contribution in [3.8, 4) is 11.3 Å². The lowest BCUT2D eigenvalue weighted by atomic mass is 10.1. The van der Waals surface area contributed by atoms with Crippen LogP contribution >= 0.6 is 15.9 Å². The average Bonchev–Trinajstić information content (AvgIpc) is 2.77. The monoisotopic (exact) mass is 341 g/mol. The van der Waals surface area contributed by atoms with Crippen LogP contribution in [0.4, 0.5) is 5.82 Å². The van der Waals surface area contributed by atoms with E-state index in [1.807, 2.05) is 54.0 Å². The summed E-state index contributed by atoms with van der Waals surface area (Å²) < 4.78 is 3.09. The molecule has 0 saturated heterocycles. The van der Waals surface area contributed by atoms with Crippen molar-refractivity contribution in [3.63, 3.8) is 0 Å². The summed E-state index contributed by atoms with van der Waals surface area (Å²) in [5.41, 5.74) is 9.40. The van der Waals surface area contributed by atoms with Crippen LogP contribution < -0.4 is 5.73 Å². The van der Waals surface area contributed by atoms with Gasteiger partial charge in [0.25, 0.3) is 0 Å². The quantitative estimate of drug-likeness (QED) is 0.773. The number of rotatable bonds is 3. The van der Waals surface area contributed by atoms with E-state index < -0.39 is 0 Å². The van der Waals surface area contributed by atoms with E-state index in [0.29, 0.717) is 5.82 Å². The fraction of sp³-hybridized carbons (Fsp3) is 0.118. The third-order valence-electron chi connectivity index (χ3n) is 3.50. The highest BCUT2D eigenvalue weighted by atomic mass is 79.9.